The number of benzene rings is 1. The lowest BCUT2D eigenvalue weighted by atomic mass is 10.1. The van der Waals surface area contributed by atoms with Crippen LogP contribution in [0.2, 0.25) is 0 Å². The molecule has 3 rings (SSSR count). The van der Waals surface area contributed by atoms with Crippen LogP contribution in [0.25, 0.3) is 5.69 Å². The Morgan fingerprint density at radius 2 is 1.86 bits per heavy atom. The highest BCUT2D eigenvalue weighted by atomic mass is 19.4. The number of anilines is 1. The van der Waals surface area contributed by atoms with Crippen LogP contribution in [0, 0.1) is 0 Å². The minimum Gasteiger partial charge on any atom is -0.353 e. The Morgan fingerprint density at radius 1 is 1.14 bits per heavy atom. The van der Waals surface area contributed by atoms with Crippen molar-refractivity contribution in [1.82, 2.24) is 9.55 Å². The Bertz CT molecular complexity index is 613. The van der Waals surface area contributed by atoms with Gasteiger partial charge in [0.05, 0.1) is 11.3 Å². The highest BCUT2D eigenvalue weighted by Crippen LogP contribution is 2.34. The van der Waals surface area contributed by atoms with Crippen molar-refractivity contribution in [2.24, 2.45) is 0 Å². The van der Waals surface area contributed by atoms with Crippen molar-refractivity contribution in [3.8, 4) is 5.69 Å². The van der Waals surface area contributed by atoms with Gasteiger partial charge in [0.15, 0.2) is 0 Å². The Kier molecular flexibility index (Phi) is 3.61. The molecule has 0 amide bonds. The lowest BCUT2D eigenvalue weighted by molar-refractivity contribution is -0.137. The van der Waals surface area contributed by atoms with E-state index in [0.29, 0.717) is 12.0 Å². The summed E-state index contributed by atoms with van der Waals surface area (Å²) < 4.78 is 40.8. The second kappa shape index (κ2) is 5.42. The molecule has 0 aliphatic heterocycles. The van der Waals surface area contributed by atoms with Crippen molar-refractivity contribution in [3.05, 3.63) is 42.2 Å². The fourth-order valence-electron chi connectivity index (χ4n) is 2.78. The van der Waals surface area contributed by atoms with E-state index in [1.165, 1.54) is 22.9 Å². The van der Waals surface area contributed by atoms with E-state index in [2.05, 4.69) is 10.3 Å². The molecule has 1 fully saturated rings. The summed E-state index contributed by atoms with van der Waals surface area (Å²) >= 11 is 0. The summed E-state index contributed by atoms with van der Waals surface area (Å²) in [7, 11) is 0. The van der Waals surface area contributed by atoms with Crippen molar-refractivity contribution in [1.29, 1.82) is 0 Å². The molecule has 1 aliphatic rings. The summed E-state index contributed by atoms with van der Waals surface area (Å²) in [6, 6.07) is 5.85. The van der Waals surface area contributed by atoms with Gasteiger partial charge in [-0.15, -0.1) is 0 Å². The summed E-state index contributed by atoms with van der Waals surface area (Å²) in [6.45, 7) is 0. The van der Waals surface area contributed by atoms with Gasteiger partial charge in [-0.25, -0.2) is 4.98 Å². The third kappa shape index (κ3) is 2.89. The van der Waals surface area contributed by atoms with Crippen LogP contribution in [0.4, 0.5) is 19.1 Å². The zero-order valence-corrected chi connectivity index (χ0v) is 11.4. The lowest BCUT2D eigenvalue weighted by Gasteiger charge is -2.18. The zero-order valence-electron chi connectivity index (χ0n) is 11.4. The summed E-state index contributed by atoms with van der Waals surface area (Å²) in [5, 5.41) is 3.25. The third-order valence-electron chi connectivity index (χ3n) is 3.80. The van der Waals surface area contributed by atoms with E-state index < -0.39 is 11.7 Å². The van der Waals surface area contributed by atoms with Gasteiger partial charge >= 0.3 is 6.18 Å². The minimum atomic E-state index is -4.38. The standard InChI is InChI=1S/C15H16F3N3/c16-15(17,18)12-7-3-4-8-13(12)21-10-9-19-14(21)20-11-5-1-2-6-11/h3-4,7-11H,1-2,5-6H2,(H,19,20). The van der Waals surface area contributed by atoms with Gasteiger partial charge in [-0.2, -0.15) is 13.2 Å². The topological polar surface area (TPSA) is 29.9 Å². The quantitative estimate of drug-likeness (QED) is 0.917. The monoisotopic (exact) mass is 295 g/mol. The molecule has 1 aromatic heterocycles. The SMILES string of the molecule is FC(F)(F)c1ccccc1-n1ccnc1NC1CCCC1. The molecule has 3 nitrogen and oxygen atoms in total. The molecule has 1 heterocycles. The van der Waals surface area contributed by atoms with Gasteiger partial charge in [0, 0.05) is 18.4 Å². The van der Waals surface area contributed by atoms with E-state index in [-0.39, 0.29) is 5.69 Å². The Morgan fingerprint density at radius 3 is 2.57 bits per heavy atom. The number of aromatic nitrogens is 2. The second-order valence-electron chi connectivity index (χ2n) is 5.26. The molecule has 1 N–H and O–H groups in total. The number of alkyl halides is 3. The van der Waals surface area contributed by atoms with Gasteiger partial charge < -0.3 is 5.32 Å². The van der Waals surface area contributed by atoms with Crippen LogP contribution in [0.3, 0.4) is 0 Å². The van der Waals surface area contributed by atoms with E-state index in [1.54, 1.807) is 12.3 Å². The number of imidazole rings is 1. The molecule has 0 atom stereocenters. The van der Waals surface area contributed by atoms with Crippen LogP contribution in [-0.2, 0) is 6.18 Å². The van der Waals surface area contributed by atoms with Crippen molar-refractivity contribution >= 4 is 5.95 Å². The van der Waals surface area contributed by atoms with E-state index in [1.807, 2.05) is 0 Å². The molecule has 112 valence electrons. The highest BCUT2D eigenvalue weighted by molar-refractivity contribution is 5.48. The molecular formula is C15H16F3N3. The highest BCUT2D eigenvalue weighted by Gasteiger charge is 2.34. The van der Waals surface area contributed by atoms with E-state index in [4.69, 9.17) is 0 Å². The molecule has 0 saturated heterocycles. The molecular weight excluding hydrogens is 279 g/mol. The summed E-state index contributed by atoms with van der Waals surface area (Å²) in [6.07, 6.45) is 3.06. The van der Waals surface area contributed by atoms with E-state index in [0.717, 1.165) is 31.7 Å². The first-order valence-corrected chi connectivity index (χ1v) is 7.02. The van der Waals surface area contributed by atoms with Gasteiger partial charge in [-0.3, -0.25) is 4.57 Å². The Labute approximate surface area is 120 Å². The number of para-hydroxylation sites is 1. The number of rotatable bonds is 3. The van der Waals surface area contributed by atoms with Gasteiger partial charge in [-0.05, 0) is 25.0 Å². The van der Waals surface area contributed by atoms with Crippen LogP contribution < -0.4 is 5.32 Å². The predicted octanol–water partition coefficient (Wildman–Crippen LogP) is 4.25. The van der Waals surface area contributed by atoms with E-state index >= 15 is 0 Å². The first kappa shape index (κ1) is 14.0. The molecule has 1 aromatic carbocycles. The van der Waals surface area contributed by atoms with Gasteiger partial charge in [0.25, 0.3) is 0 Å². The van der Waals surface area contributed by atoms with Gasteiger partial charge in [0.1, 0.15) is 0 Å². The van der Waals surface area contributed by atoms with E-state index in [9.17, 15) is 13.2 Å². The third-order valence-corrected chi connectivity index (χ3v) is 3.80. The maximum atomic E-state index is 13.1. The smallest absolute Gasteiger partial charge is 0.353 e. The molecule has 0 bridgehead atoms. The lowest BCUT2D eigenvalue weighted by Crippen LogP contribution is -2.19. The Balaban J connectivity index is 1.96. The molecule has 2 aromatic rings. The first-order chi connectivity index (χ1) is 10.1. The fraction of sp³-hybridized carbons (Fsp3) is 0.400. The molecule has 1 saturated carbocycles. The predicted molar refractivity (Wildman–Crippen MR) is 74.4 cm³/mol. The van der Waals surface area contributed by atoms with Crippen LogP contribution >= 0.6 is 0 Å². The largest absolute Gasteiger partial charge is 0.418 e. The van der Waals surface area contributed by atoms with Crippen LogP contribution in [0.1, 0.15) is 31.2 Å². The molecule has 0 unspecified atom stereocenters. The number of nitrogens with one attached hydrogen (secondary N) is 1. The summed E-state index contributed by atoms with van der Waals surface area (Å²) in [5.41, 5.74) is -0.555. The summed E-state index contributed by atoms with van der Waals surface area (Å²) in [4.78, 5) is 4.16. The number of nitrogens with zero attached hydrogens (tertiary/aromatic N) is 2. The number of halogens is 3. The van der Waals surface area contributed by atoms with Crippen LogP contribution in [0.15, 0.2) is 36.7 Å². The fourth-order valence-corrected chi connectivity index (χ4v) is 2.78. The maximum absolute atomic E-state index is 13.1. The maximum Gasteiger partial charge on any atom is 0.418 e. The molecule has 21 heavy (non-hydrogen) atoms. The van der Waals surface area contributed by atoms with Gasteiger partial charge in [0.2, 0.25) is 5.95 Å². The van der Waals surface area contributed by atoms with Crippen LogP contribution in [0.5, 0.6) is 0 Å². The average molecular weight is 295 g/mol. The minimum absolute atomic E-state index is 0.1000. The zero-order chi connectivity index (χ0) is 14.9. The molecule has 0 radical (unpaired) electrons. The Hall–Kier alpha value is -1.98. The molecule has 1 aliphatic carbocycles. The van der Waals surface area contributed by atoms with Gasteiger partial charge in [-0.1, -0.05) is 25.0 Å². The average Bonchev–Trinajstić information content (AvgIpc) is 3.10. The van der Waals surface area contributed by atoms with Crippen LogP contribution in [-0.4, -0.2) is 15.6 Å². The molecule has 6 heteroatoms. The van der Waals surface area contributed by atoms with Crippen molar-refractivity contribution < 1.29 is 13.2 Å². The summed E-state index contributed by atoms with van der Waals surface area (Å²) in [5.74, 6) is 0.471. The second-order valence-corrected chi connectivity index (χ2v) is 5.26. The normalized spacial score (nSPS) is 16.3. The number of hydrogen-bond donors (Lipinski definition) is 1. The molecule has 0 spiro atoms. The number of hydrogen-bond acceptors (Lipinski definition) is 2. The van der Waals surface area contributed by atoms with Crippen molar-refractivity contribution in [3.63, 3.8) is 0 Å². The van der Waals surface area contributed by atoms with Crippen molar-refractivity contribution in [2.45, 2.75) is 37.9 Å². The first-order valence-electron chi connectivity index (χ1n) is 7.02. The van der Waals surface area contributed by atoms with Crippen molar-refractivity contribution in [2.75, 3.05) is 5.32 Å².